The molecule has 3 heteroatoms. The minimum absolute atomic E-state index is 0. The van der Waals surface area contributed by atoms with E-state index >= 15 is 0 Å². The van der Waals surface area contributed by atoms with Gasteiger partial charge in [-0.05, 0) is 0 Å². The highest BCUT2D eigenvalue weighted by Gasteiger charge is 1.90. The van der Waals surface area contributed by atoms with E-state index in [1.54, 1.807) is 7.05 Å². The number of hydrogen-bond donors (Lipinski definition) is 1. The van der Waals surface area contributed by atoms with Crippen molar-refractivity contribution in [2.75, 3.05) is 20.8 Å². The highest BCUT2D eigenvalue weighted by molar-refractivity contribution is 5.76. The van der Waals surface area contributed by atoms with E-state index in [9.17, 15) is 4.79 Å². The predicted octanol–water partition coefficient (Wildman–Crippen LogP) is 0.0149. The van der Waals surface area contributed by atoms with E-state index in [4.69, 9.17) is 0 Å². The molecule has 3 nitrogen and oxygen atoms in total. The Morgan fingerprint density at radius 1 is 1.75 bits per heavy atom. The van der Waals surface area contributed by atoms with Crippen LogP contribution in [0, 0.1) is 0 Å². The lowest BCUT2D eigenvalue weighted by molar-refractivity contribution is -0.124. The fraction of sp³-hybridized carbons (Fsp3) is 0.800. The smallest absolute Gasteiger partial charge is 0.245 e. The molecule has 0 spiro atoms. The number of hydrogen-bond acceptors (Lipinski definition) is 2. The highest BCUT2D eigenvalue weighted by Crippen LogP contribution is 1.62. The molecule has 0 saturated carbocycles. The second-order valence-corrected chi connectivity index (χ2v) is 1.11. The first-order chi connectivity index (χ1) is 3.31. The highest BCUT2D eigenvalue weighted by atomic mass is 16.5. The summed E-state index contributed by atoms with van der Waals surface area (Å²) in [5, 5.41) is 2.40. The van der Waals surface area contributed by atoms with Gasteiger partial charge in [0.15, 0.2) is 0 Å². The number of likely N-dealkylation sites (N-methyl/N-ethyl adjacent to an activating group) is 1. The normalized spacial score (nSPS) is 7.25. The van der Waals surface area contributed by atoms with Crippen molar-refractivity contribution in [2.45, 2.75) is 7.43 Å². The van der Waals surface area contributed by atoms with Gasteiger partial charge in [-0.25, -0.2) is 0 Å². The molecule has 0 aromatic heterocycles. The Morgan fingerprint density at radius 3 is 2.38 bits per heavy atom. The molecule has 0 unspecified atom stereocenters. The van der Waals surface area contributed by atoms with Crippen molar-refractivity contribution in [1.82, 2.24) is 5.32 Å². The molecule has 0 bridgehead atoms. The van der Waals surface area contributed by atoms with Gasteiger partial charge in [-0.15, -0.1) is 0 Å². The summed E-state index contributed by atoms with van der Waals surface area (Å²) in [6, 6.07) is 0. The van der Waals surface area contributed by atoms with Crippen LogP contribution in [0.25, 0.3) is 0 Å². The number of amides is 1. The van der Waals surface area contributed by atoms with Crippen LogP contribution in [0.1, 0.15) is 7.43 Å². The topological polar surface area (TPSA) is 38.3 Å². The second kappa shape index (κ2) is 6.43. The van der Waals surface area contributed by atoms with Crippen molar-refractivity contribution in [3.05, 3.63) is 0 Å². The van der Waals surface area contributed by atoms with Crippen molar-refractivity contribution in [1.29, 1.82) is 0 Å². The molecule has 8 heavy (non-hydrogen) atoms. The SMILES string of the molecule is C.CNC(=O)COC. The molecule has 1 N–H and O–H groups in total. The van der Waals surface area contributed by atoms with Crippen molar-refractivity contribution >= 4 is 5.91 Å². The summed E-state index contributed by atoms with van der Waals surface area (Å²) >= 11 is 0. The summed E-state index contributed by atoms with van der Waals surface area (Å²) in [5.41, 5.74) is 0. The summed E-state index contributed by atoms with van der Waals surface area (Å²) in [6.07, 6.45) is 0. The zero-order valence-corrected chi connectivity index (χ0v) is 4.52. The predicted molar refractivity (Wildman–Crippen MR) is 32.7 cm³/mol. The van der Waals surface area contributed by atoms with Gasteiger partial charge in [0, 0.05) is 14.2 Å². The second-order valence-electron chi connectivity index (χ2n) is 1.11. The van der Waals surface area contributed by atoms with Gasteiger partial charge in [0.05, 0.1) is 0 Å². The van der Waals surface area contributed by atoms with Crippen LogP contribution in [0.5, 0.6) is 0 Å². The summed E-state index contributed by atoms with van der Waals surface area (Å²) in [6.45, 7) is 0.149. The molecule has 0 rings (SSSR count). The average molecular weight is 119 g/mol. The minimum Gasteiger partial charge on any atom is -0.375 e. The summed E-state index contributed by atoms with van der Waals surface area (Å²) in [4.78, 5) is 10.2. The minimum atomic E-state index is -0.0949. The number of methoxy groups -OCH3 is 1. The molecule has 1 amide bonds. The third-order valence-electron chi connectivity index (χ3n) is 0.554. The fourth-order valence-electron chi connectivity index (χ4n) is 0.203. The van der Waals surface area contributed by atoms with Crippen LogP contribution < -0.4 is 5.32 Å². The number of carbonyl (C=O) groups excluding carboxylic acids is 1. The molecular formula is C5H13NO2. The van der Waals surface area contributed by atoms with Crippen molar-refractivity contribution in [2.24, 2.45) is 0 Å². The van der Waals surface area contributed by atoms with Gasteiger partial charge >= 0.3 is 0 Å². The first-order valence-corrected chi connectivity index (χ1v) is 2.00. The van der Waals surface area contributed by atoms with Gasteiger partial charge in [-0.3, -0.25) is 4.79 Å². The molecule has 0 aliphatic carbocycles. The maximum Gasteiger partial charge on any atom is 0.245 e. The van der Waals surface area contributed by atoms with E-state index in [0.717, 1.165) is 0 Å². The third kappa shape index (κ3) is 5.43. The number of rotatable bonds is 2. The lowest BCUT2D eigenvalue weighted by Gasteiger charge is -1.92. The monoisotopic (exact) mass is 119 g/mol. The number of ether oxygens (including phenoxy) is 1. The molecule has 0 aliphatic rings. The van der Waals surface area contributed by atoms with E-state index in [0.29, 0.717) is 0 Å². The van der Waals surface area contributed by atoms with Crippen LogP contribution in [-0.4, -0.2) is 26.7 Å². The molecule has 0 atom stereocenters. The number of nitrogens with one attached hydrogen (secondary N) is 1. The van der Waals surface area contributed by atoms with Gasteiger partial charge < -0.3 is 10.1 Å². The largest absolute Gasteiger partial charge is 0.375 e. The van der Waals surface area contributed by atoms with Gasteiger partial charge in [-0.2, -0.15) is 0 Å². The Hall–Kier alpha value is -0.570. The van der Waals surface area contributed by atoms with Gasteiger partial charge in [-0.1, -0.05) is 7.43 Å². The molecule has 0 radical (unpaired) electrons. The van der Waals surface area contributed by atoms with E-state index in [2.05, 4.69) is 10.1 Å². The Labute approximate surface area is 50.0 Å². The third-order valence-corrected chi connectivity index (χ3v) is 0.554. The van der Waals surface area contributed by atoms with Crippen LogP contribution in [0.15, 0.2) is 0 Å². The van der Waals surface area contributed by atoms with E-state index in [1.807, 2.05) is 0 Å². The molecule has 0 saturated heterocycles. The van der Waals surface area contributed by atoms with Crippen LogP contribution in [0.4, 0.5) is 0 Å². The van der Waals surface area contributed by atoms with Gasteiger partial charge in [0.1, 0.15) is 6.61 Å². The Morgan fingerprint density at radius 2 is 2.25 bits per heavy atom. The van der Waals surface area contributed by atoms with Gasteiger partial charge in [0.25, 0.3) is 0 Å². The standard InChI is InChI=1S/C4H9NO2.CH4/c1-5-4(6)3-7-2;/h3H2,1-2H3,(H,5,6);1H4. The summed E-state index contributed by atoms with van der Waals surface area (Å²) in [7, 11) is 3.05. The lowest BCUT2D eigenvalue weighted by Crippen LogP contribution is -2.22. The fourth-order valence-corrected chi connectivity index (χ4v) is 0.203. The molecule has 0 aliphatic heterocycles. The Bertz CT molecular complexity index is 63.4. The van der Waals surface area contributed by atoms with Crippen molar-refractivity contribution in [3.63, 3.8) is 0 Å². The summed E-state index contributed by atoms with van der Waals surface area (Å²) < 4.78 is 4.48. The quantitative estimate of drug-likeness (QED) is 0.556. The Kier molecular flexibility index (Phi) is 8.37. The number of carbonyl (C=O) groups is 1. The molecular weight excluding hydrogens is 106 g/mol. The van der Waals surface area contributed by atoms with Crippen LogP contribution >= 0.6 is 0 Å². The maximum absolute atomic E-state index is 10.2. The maximum atomic E-state index is 10.2. The van der Waals surface area contributed by atoms with Crippen molar-refractivity contribution < 1.29 is 9.53 Å². The molecule has 50 valence electrons. The van der Waals surface area contributed by atoms with E-state index in [-0.39, 0.29) is 19.9 Å². The zero-order chi connectivity index (χ0) is 5.70. The first-order valence-electron chi connectivity index (χ1n) is 2.00. The van der Waals surface area contributed by atoms with E-state index < -0.39 is 0 Å². The van der Waals surface area contributed by atoms with Crippen LogP contribution in [-0.2, 0) is 9.53 Å². The van der Waals surface area contributed by atoms with Gasteiger partial charge in [0.2, 0.25) is 5.91 Å². The summed E-state index contributed by atoms with van der Waals surface area (Å²) in [5.74, 6) is -0.0949. The average Bonchev–Trinajstić information content (AvgIpc) is 1.68. The molecule has 0 aromatic carbocycles. The zero-order valence-electron chi connectivity index (χ0n) is 4.52. The molecule has 0 aromatic rings. The van der Waals surface area contributed by atoms with Crippen molar-refractivity contribution in [3.8, 4) is 0 Å². The van der Waals surface area contributed by atoms with Crippen LogP contribution in [0.2, 0.25) is 0 Å². The lowest BCUT2D eigenvalue weighted by atomic mass is 10.7. The van der Waals surface area contributed by atoms with Crippen LogP contribution in [0.3, 0.4) is 0 Å². The molecule has 0 heterocycles. The molecule has 0 fully saturated rings. The van der Waals surface area contributed by atoms with E-state index in [1.165, 1.54) is 7.11 Å². The Balaban J connectivity index is 0. The first kappa shape index (κ1) is 10.4.